The molecule has 0 spiro atoms. The fourth-order valence-corrected chi connectivity index (χ4v) is 1.31. The zero-order valence-corrected chi connectivity index (χ0v) is 7.44. The molecule has 0 bridgehead atoms. The van der Waals surface area contributed by atoms with Crippen LogP contribution >= 0.6 is 15.9 Å². The second-order valence-electron chi connectivity index (χ2n) is 2.14. The fraction of sp³-hybridized carbons (Fsp3) is 0.125. The van der Waals surface area contributed by atoms with Crippen molar-refractivity contribution in [2.45, 2.75) is 6.92 Å². The van der Waals surface area contributed by atoms with Gasteiger partial charge in [-0.25, -0.2) is 4.39 Å². The molecule has 0 saturated carbocycles. The molecule has 0 heterocycles. The highest BCUT2D eigenvalue weighted by molar-refractivity contribution is 9.10. The smallest absolute Gasteiger partial charge is 0.127 e. The summed E-state index contributed by atoms with van der Waals surface area (Å²) < 4.78 is 13.4. The molecule has 0 N–H and O–H groups in total. The molecule has 1 aromatic rings. The third-order valence-electron chi connectivity index (χ3n) is 1.46. The quantitative estimate of drug-likeness (QED) is 0.651. The van der Waals surface area contributed by atoms with Crippen LogP contribution in [0.25, 0.3) is 0 Å². The lowest BCUT2D eigenvalue weighted by atomic mass is 10.1. The van der Waals surface area contributed by atoms with E-state index in [9.17, 15) is 4.39 Å². The van der Waals surface area contributed by atoms with E-state index in [1.54, 1.807) is 6.92 Å². The number of hydrogen-bond acceptors (Lipinski definition) is 1. The third kappa shape index (κ3) is 1.41. The minimum atomic E-state index is -0.343. The van der Waals surface area contributed by atoms with Crippen LogP contribution in [0.1, 0.15) is 11.1 Å². The Kier molecular flexibility index (Phi) is 2.25. The van der Waals surface area contributed by atoms with E-state index < -0.39 is 0 Å². The molecular weight excluding hydrogens is 209 g/mol. The van der Waals surface area contributed by atoms with Crippen molar-refractivity contribution < 1.29 is 4.39 Å². The molecule has 0 aliphatic rings. The lowest BCUT2D eigenvalue weighted by Gasteiger charge is -1.99. The molecule has 56 valence electrons. The topological polar surface area (TPSA) is 23.8 Å². The van der Waals surface area contributed by atoms with Crippen molar-refractivity contribution in [3.8, 4) is 6.07 Å². The van der Waals surface area contributed by atoms with E-state index in [1.165, 1.54) is 12.1 Å². The summed E-state index contributed by atoms with van der Waals surface area (Å²) in [5.41, 5.74) is 0.756. The normalized spacial score (nSPS) is 9.27. The number of rotatable bonds is 0. The Morgan fingerprint density at radius 1 is 1.55 bits per heavy atom. The fourth-order valence-electron chi connectivity index (χ4n) is 0.790. The zero-order chi connectivity index (χ0) is 8.43. The van der Waals surface area contributed by atoms with E-state index in [1.807, 2.05) is 6.07 Å². The van der Waals surface area contributed by atoms with Gasteiger partial charge in [-0.3, -0.25) is 0 Å². The Morgan fingerprint density at radius 3 is 2.64 bits per heavy atom. The molecular formula is C8H5BrFN. The van der Waals surface area contributed by atoms with Crippen molar-refractivity contribution in [2.75, 3.05) is 0 Å². The van der Waals surface area contributed by atoms with Crippen LogP contribution in [-0.2, 0) is 0 Å². The van der Waals surface area contributed by atoms with Gasteiger partial charge in [0.15, 0.2) is 0 Å². The molecule has 1 rings (SSSR count). The highest BCUT2D eigenvalue weighted by Gasteiger charge is 2.06. The van der Waals surface area contributed by atoms with Crippen LogP contribution in [0.3, 0.4) is 0 Å². The molecule has 0 saturated heterocycles. The summed E-state index contributed by atoms with van der Waals surface area (Å²) in [7, 11) is 0. The summed E-state index contributed by atoms with van der Waals surface area (Å²) in [5, 5.41) is 8.58. The summed E-state index contributed by atoms with van der Waals surface area (Å²) in [6.07, 6.45) is 0. The molecule has 0 unspecified atom stereocenters. The minimum Gasteiger partial charge on any atom is -0.207 e. The lowest BCUT2D eigenvalue weighted by Crippen LogP contribution is -1.88. The maximum atomic E-state index is 12.8. The molecule has 1 aromatic carbocycles. The third-order valence-corrected chi connectivity index (χ3v) is 2.12. The maximum Gasteiger partial charge on any atom is 0.127 e. The second kappa shape index (κ2) is 3.02. The maximum absolute atomic E-state index is 12.8. The molecule has 0 atom stereocenters. The van der Waals surface area contributed by atoms with Gasteiger partial charge in [-0.05, 0) is 35.0 Å². The predicted molar refractivity (Wildman–Crippen MR) is 43.6 cm³/mol. The summed E-state index contributed by atoms with van der Waals surface area (Å²) in [4.78, 5) is 0. The summed E-state index contributed by atoms with van der Waals surface area (Å²) >= 11 is 3.15. The van der Waals surface area contributed by atoms with Gasteiger partial charge in [0, 0.05) is 10.0 Å². The lowest BCUT2D eigenvalue weighted by molar-refractivity contribution is 0.617. The molecule has 3 heteroatoms. The highest BCUT2D eigenvalue weighted by Crippen LogP contribution is 2.21. The van der Waals surface area contributed by atoms with Gasteiger partial charge in [0.05, 0.1) is 5.56 Å². The molecule has 0 aliphatic carbocycles. The molecule has 11 heavy (non-hydrogen) atoms. The Balaban J connectivity index is 3.44. The molecule has 1 nitrogen and oxygen atoms in total. The van der Waals surface area contributed by atoms with Gasteiger partial charge < -0.3 is 0 Å². The number of halogens is 2. The van der Waals surface area contributed by atoms with Crippen molar-refractivity contribution in [3.63, 3.8) is 0 Å². The second-order valence-corrected chi connectivity index (χ2v) is 3.00. The largest absolute Gasteiger partial charge is 0.207 e. The van der Waals surface area contributed by atoms with Gasteiger partial charge in [-0.1, -0.05) is 0 Å². The molecule has 0 radical (unpaired) electrons. The Hall–Kier alpha value is -0.880. The molecule has 0 fully saturated rings. The SMILES string of the molecule is Cc1c(F)ccc(Br)c1C#N. The molecule has 0 aliphatic heterocycles. The molecule has 0 aromatic heterocycles. The number of hydrogen-bond donors (Lipinski definition) is 0. The van der Waals surface area contributed by atoms with Crippen molar-refractivity contribution in [2.24, 2.45) is 0 Å². The number of benzene rings is 1. The van der Waals surface area contributed by atoms with E-state index in [0.29, 0.717) is 15.6 Å². The van der Waals surface area contributed by atoms with Gasteiger partial charge in [0.1, 0.15) is 11.9 Å². The van der Waals surface area contributed by atoms with Gasteiger partial charge in [0.2, 0.25) is 0 Å². The van der Waals surface area contributed by atoms with Crippen LogP contribution < -0.4 is 0 Å². The van der Waals surface area contributed by atoms with E-state index in [-0.39, 0.29) is 5.82 Å². The van der Waals surface area contributed by atoms with E-state index in [4.69, 9.17) is 5.26 Å². The average Bonchev–Trinajstić information content (AvgIpc) is 1.99. The first-order valence-corrected chi connectivity index (χ1v) is 3.81. The van der Waals surface area contributed by atoms with Crippen LogP contribution in [0.2, 0.25) is 0 Å². The van der Waals surface area contributed by atoms with Crippen LogP contribution in [0.15, 0.2) is 16.6 Å². The first-order valence-electron chi connectivity index (χ1n) is 3.01. The minimum absolute atomic E-state index is 0.343. The van der Waals surface area contributed by atoms with Crippen molar-refractivity contribution in [3.05, 3.63) is 33.5 Å². The Morgan fingerprint density at radius 2 is 2.18 bits per heavy atom. The van der Waals surface area contributed by atoms with Crippen molar-refractivity contribution >= 4 is 15.9 Å². The Bertz CT molecular complexity index is 328. The summed E-state index contributed by atoms with van der Waals surface area (Å²) in [6, 6.07) is 4.78. The van der Waals surface area contributed by atoms with Gasteiger partial charge in [-0.15, -0.1) is 0 Å². The van der Waals surface area contributed by atoms with E-state index in [0.717, 1.165) is 0 Å². The highest BCUT2D eigenvalue weighted by atomic mass is 79.9. The van der Waals surface area contributed by atoms with Gasteiger partial charge in [-0.2, -0.15) is 5.26 Å². The van der Waals surface area contributed by atoms with E-state index in [2.05, 4.69) is 15.9 Å². The van der Waals surface area contributed by atoms with Crippen LogP contribution in [0, 0.1) is 24.1 Å². The van der Waals surface area contributed by atoms with Crippen molar-refractivity contribution in [1.29, 1.82) is 5.26 Å². The Labute approximate surface area is 72.6 Å². The van der Waals surface area contributed by atoms with Gasteiger partial charge in [0.25, 0.3) is 0 Å². The van der Waals surface area contributed by atoms with Crippen molar-refractivity contribution in [1.82, 2.24) is 0 Å². The number of nitrogens with zero attached hydrogens (tertiary/aromatic N) is 1. The summed E-state index contributed by atoms with van der Waals surface area (Å²) in [6.45, 7) is 1.58. The average molecular weight is 214 g/mol. The van der Waals surface area contributed by atoms with Crippen LogP contribution in [0.5, 0.6) is 0 Å². The van der Waals surface area contributed by atoms with Gasteiger partial charge >= 0.3 is 0 Å². The molecule has 0 amide bonds. The monoisotopic (exact) mass is 213 g/mol. The summed E-state index contributed by atoms with van der Waals surface area (Å²) in [5.74, 6) is -0.343. The first-order chi connectivity index (χ1) is 5.16. The standard InChI is InChI=1S/C8H5BrFN/c1-5-6(4-11)7(9)2-3-8(5)10/h2-3H,1H3. The van der Waals surface area contributed by atoms with Crippen LogP contribution in [0.4, 0.5) is 4.39 Å². The van der Waals surface area contributed by atoms with E-state index >= 15 is 0 Å². The zero-order valence-electron chi connectivity index (χ0n) is 5.86. The first kappa shape index (κ1) is 8.22. The number of nitriles is 1. The predicted octanol–water partition coefficient (Wildman–Crippen LogP) is 2.77. The van der Waals surface area contributed by atoms with Crippen LogP contribution in [-0.4, -0.2) is 0 Å².